The fourth-order valence-electron chi connectivity index (χ4n) is 1.84. The van der Waals surface area contributed by atoms with Crippen molar-refractivity contribution in [2.24, 2.45) is 0 Å². The molecule has 0 rings (SSSR count). The molecule has 0 unspecified atom stereocenters. The molecule has 1 N–H and O–H groups in total. The molecule has 0 aliphatic carbocycles. The monoisotopic (exact) mass is 306 g/mol. The summed E-state index contributed by atoms with van der Waals surface area (Å²) in [6.07, 6.45) is 5.64. The van der Waals surface area contributed by atoms with E-state index in [1.807, 2.05) is 0 Å². The van der Waals surface area contributed by atoms with E-state index in [4.69, 9.17) is 9.84 Å². The molecule has 0 fully saturated rings. The number of hydrogen-bond donors (Lipinski definition) is 1. The number of carbonyl (C=O) groups excluding carboxylic acids is 2. The minimum Gasteiger partial charge on any atom is -0.463 e. The van der Waals surface area contributed by atoms with Gasteiger partial charge in [0.2, 0.25) is 0 Å². The molecule has 0 saturated carbocycles. The number of allylic oxidation sites excluding steroid dienone is 2. The van der Waals surface area contributed by atoms with E-state index >= 15 is 0 Å². The fourth-order valence-corrected chi connectivity index (χ4v) is 1.84. The van der Waals surface area contributed by atoms with Gasteiger partial charge in [-0.15, -0.1) is 5.92 Å². The second-order valence-corrected chi connectivity index (χ2v) is 4.95. The van der Waals surface area contributed by atoms with Gasteiger partial charge in [-0.2, -0.15) is 0 Å². The molecule has 0 aliphatic heterocycles. The van der Waals surface area contributed by atoms with Gasteiger partial charge in [0.15, 0.2) is 0 Å². The predicted molar refractivity (Wildman–Crippen MR) is 87.1 cm³/mol. The summed E-state index contributed by atoms with van der Waals surface area (Å²) < 4.78 is 4.93. The Balaban J connectivity index is 4.55. The van der Waals surface area contributed by atoms with Gasteiger partial charge >= 0.3 is 5.97 Å². The third kappa shape index (κ3) is 10.9. The Labute approximate surface area is 133 Å². The summed E-state index contributed by atoms with van der Waals surface area (Å²) in [7, 11) is 0. The van der Waals surface area contributed by atoms with Gasteiger partial charge in [-0.1, -0.05) is 18.1 Å². The fraction of sp³-hybridized carbons (Fsp3) is 0.556. The van der Waals surface area contributed by atoms with E-state index in [9.17, 15) is 9.59 Å². The molecule has 0 radical (unpaired) electrons. The van der Waals surface area contributed by atoms with Crippen LogP contribution in [0.5, 0.6) is 0 Å². The standard InChI is InChI=1S/C18H26O4/c1-4-22-18(21)14-17(15(2)11-12-16(3)20)10-8-6-5-7-9-13-19/h14,19H,2,4-6,8,10-13H2,1,3H3/b17-14+. The largest absolute Gasteiger partial charge is 0.463 e. The van der Waals surface area contributed by atoms with E-state index in [-0.39, 0.29) is 18.4 Å². The van der Waals surface area contributed by atoms with Crippen LogP contribution in [0.3, 0.4) is 0 Å². The van der Waals surface area contributed by atoms with Crippen molar-refractivity contribution in [3.8, 4) is 11.8 Å². The first-order valence-electron chi connectivity index (χ1n) is 7.62. The third-order valence-corrected chi connectivity index (χ3v) is 3.01. The zero-order valence-corrected chi connectivity index (χ0v) is 13.6. The van der Waals surface area contributed by atoms with Crippen molar-refractivity contribution >= 4 is 11.8 Å². The molecule has 22 heavy (non-hydrogen) atoms. The molecular weight excluding hydrogens is 280 g/mol. The van der Waals surface area contributed by atoms with Crippen LogP contribution in [-0.2, 0) is 14.3 Å². The van der Waals surface area contributed by atoms with Crippen LogP contribution in [0, 0.1) is 11.8 Å². The van der Waals surface area contributed by atoms with E-state index in [0.29, 0.717) is 32.3 Å². The number of ether oxygens (including phenoxy) is 1. The summed E-state index contributed by atoms with van der Waals surface area (Å²) in [6.45, 7) is 7.50. The first kappa shape index (κ1) is 20.1. The Kier molecular flexibility index (Phi) is 11.8. The molecule has 122 valence electrons. The van der Waals surface area contributed by atoms with E-state index < -0.39 is 0 Å². The Bertz CT molecular complexity index is 463. The number of rotatable bonds is 10. The lowest BCUT2D eigenvalue weighted by Gasteiger charge is -2.10. The quantitative estimate of drug-likeness (QED) is 0.222. The summed E-state index contributed by atoms with van der Waals surface area (Å²) in [5.74, 6) is 5.20. The van der Waals surface area contributed by atoms with Crippen LogP contribution < -0.4 is 0 Å². The summed E-state index contributed by atoms with van der Waals surface area (Å²) >= 11 is 0. The van der Waals surface area contributed by atoms with Crippen LogP contribution in [0.25, 0.3) is 0 Å². The Morgan fingerprint density at radius 1 is 1.18 bits per heavy atom. The Hall–Kier alpha value is -1.86. The lowest BCUT2D eigenvalue weighted by molar-refractivity contribution is -0.137. The number of unbranched alkanes of at least 4 members (excludes halogenated alkanes) is 2. The van der Waals surface area contributed by atoms with Crippen molar-refractivity contribution in [3.05, 3.63) is 23.8 Å². The van der Waals surface area contributed by atoms with Crippen molar-refractivity contribution in [2.45, 2.75) is 52.4 Å². The number of aliphatic hydroxyl groups excluding tert-OH is 1. The van der Waals surface area contributed by atoms with E-state index in [0.717, 1.165) is 24.0 Å². The molecule has 0 spiro atoms. The number of ketones is 1. The summed E-state index contributed by atoms with van der Waals surface area (Å²) in [6, 6.07) is 0. The van der Waals surface area contributed by atoms with Gasteiger partial charge < -0.3 is 14.6 Å². The van der Waals surface area contributed by atoms with Crippen molar-refractivity contribution in [1.29, 1.82) is 0 Å². The zero-order valence-electron chi connectivity index (χ0n) is 13.6. The van der Waals surface area contributed by atoms with Gasteiger partial charge in [0.1, 0.15) is 12.4 Å². The van der Waals surface area contributed by atoms with Crippen molar-refractivity contribution in [1.82, 2.24) is 0 Å². The number of hydrogen-bond acceptors (Lipinski definition) is 4. The van der Waals surface area contributed by atoms with Crippen LogP contribution in [0.15, 0.2) is 23.8 Å². The molecule has 4 heteroatoms. The first-order chi connectivity index (χ1) is 10.5. The summed E-state index contributed by atoms with van der Waals surface area (Å²) in [5.41, 5.74) is 1.65. The van der Waals surface area contributed by atoms with Gasteiger partial charge in [0.05, 0.1) is 6.61 Å². The highest BCUT2D eigenvalue weighted by Crippen LogP contribution is 2.21. The van der Waals surface area contributed by atoms with Crippen LogP contribution in [0.1, 0.15) is 52.4 Å². The maximum atomic E-state index is 11.6. The zero-order chi connectivity index (χ0) is 16.8. The minimum absolute atomic E-state index is 0.107. The SMILES string of the molecule is C=C(CCC(C)=O)/C(=C/C(=O)OCC)CCCCC#CCO. The molecule has 0 aromatic carbocycles. The number of carbonyl (C=O) groups is 2. The molecule has 0 aliphatic rings. The van der Waals surface area contributed by atoms with Crippen molar-refractivity contribution < 1.29 is 19.4 Å². The summed E-state index contributed by atoms with van der Waals surface area (Å²) in [4.78, 5) is 22.7. The van der Waals surface area contributed by atoms with Gasteiger partial charge in [-0.3, -0.25) is 0 Å². The topological polar surface area (TPSA) is 63.6 Å². The average Bonchev–Trinajstić information content (AvgIpc) is 2.47. The minimum atomic E-state index is -0.374. The molecule has 0 saturated heterocycles. The normalized spacial score (nSPS) is 10.6. The third-order valence-electron chi connectivity index (χ3n) is 3.01. The number of esters is 1. The van der Waals surface area contributed by atoms with E-state index in [1.54, 1.807) is 13.8 Å². The molecule has 4 nitrogen and oxygen atoms in total. The lowest BCUT2D eigenvalue weighted by atomic mass is 9.96. The van der Waals surface area contributed by atoms with Crippen LogP contribution in [0.2, 0.25) is 0 Å². The van der Waals surface area contributed by atoms with E-state index in [2.05, 4.69) is 18.4 Å². The lowest BCUT2D eigenvalue weighted by Crippen LogP contribution is -2.03. The second kappa shape index (κ2) is 12.8. The Morgan fingerprint density at radius 2 is 1.91 bits per heavy atom. The number of Topliss-reactive ketones (excluding diaryl/α,β-unsaturated/α-hetero) is 1. The predicted octanol–water partition coefficient (Wildman–Crippen LogP) is 2.96. The number of aliphatic hydroxyl groups is 1. The highest BCUT2D eigenvalue weighted by atomic mass is 16.5. The molecule has 0 atom stereocenters. The molecule has 0 bridgehead atoms. The maximum Gasteiger partial charge on any atom is 0.331 e. The highest BCUT2D eigenvalue weighted by Gasteiger charge is 2.08. The smallest absolute Gasteiger partial charge is 0.331 e. The summed E-state index contributed by atoms with van der Waals surface area (Å²) in [5, 5.41) is 8.56. The molecule has 0 aromatic rings. The molecule has 0 heterocycles. The highest BCUT2D eigenvalue weighted by molar-refractivity contribution is 5.83. The van der Waals surface area contributed by atoms with Crippen molar-refractivity contribution in [2.75, 3.05) is 13.2 Å². The van der Waals surface area contributed by atoms with Crippen LogP contribution in [-0.4, -0.2) is 30.1 Å². The van der Waals surface area contributed by atoms with Gasteiger partial charge in [-0.05, 0) is 45.1 Å². The maximum absolute atomic E-state index is 11.6. The average molecular weight is 306 g/mol. The molecule has 0 amide bonds. The molecule has 0 aromatic heterocycles. The Morgan fingerprint density at radius 3 is 2.50 bits per heavy atom. The van der Waals surface area contributed by atoms with Gasteiger partial charge in [0, 0.05) is 18.9 Å². The van der Waals surface area contributed by atoms with Gasteiger partial charge in [0.25, 0.3) is 0 Å². The molecular formula is C18H26O4. The van der Waals surface area contributed by atoms with Gasteiger partial charge in [-0.25, -0.2) is 4.79 Å². The van der Waals surface area contributed by atoms with E-state index in [1.165, 1.54) is 6.08 Å². The van der Waals surface area contributed by atoms with Crippen LogP contribution in [0.4, 0.5) is 0 Å². The van der Waals surface area contributed by atoms with Crippen LogP contribution >= 0.6 is 0 Å². The van der Waals surface area contributed by atoms with Crippen molar-refractivity contribution in [3.63, 3.8) is 0 Å². The first-order valence-corrected chi connectivity index (χ1v) is 7.62. The second-order valence-electron chi connectivity index (χ2n) is 4.95.